The molecule has 0 spiro atoms. The fraction of sp³-hybridized carbons (Fsp3) is 0.235. The van der Waals surface area contributed by atoms with E-state index in [0.717, 1.165) is 11.1 Å². The molecule has 0 radical (unpaired) electrons. The van der Waals surface area contributed by atoms with Crippen molar-refractivity contribution in [3.63, 3.8) is 0 Å². The van der Waals surface area contributed by atoms with E-state index in [1.54, 1.807) is 13.0 Å². The van der Waals surface area contributed by atoms with Crippen molar-refractivity contribution in [2.75, 3.05) is 11.9 Å². The van der Waals surface area contributed by atoms with Crippen LogP contribution in [-0.2, 0) is 4.79 Å². The van der Waals surface area contributed by atoms with E-state index in [2.05, 4.69) is 5.32 Å². The highest BCUT2D eigenvalue weighted by Crippen LogP contribution is 2.17. The first-order valence-corrected chi connectivity index (χ1v) is 6.71. The molecule has 0 bridgehead atoms. The van der Waals surface area contributed by atoms with Crippen molar-refractivity contribution in [1.82, 2.24) is 0 Å². The lowest BCUT2D eigenvalue weighted by molar-refractivity contribution is -0.118. The Morgan fingerprint density at radius 2 is 1.76 bits per heavy atom. The molecular formula is C17H18FNO2. The lowest BCUT2D eigenvalue weighted by Crippen LogP contribution is -2.20. The number of carbonyl (C=O) groups excluding carboxylic acids is 1. The number of nitrogens with one attached hydrogen (secondary N) is 1. The van der Waals surface area contributed by atoms with Gasteiger partial charge >= 0.3 is 0 Å². The van der Waals surface area contributed by atoms with Crippen LogP contribution < -0.4 is 10.1 Å². The SMILES string of the molecule is Cc1cc(C)cc(OCC(=O)Nc2ccc(F)cc2C)c1. The van der Waals surface area contributed by atoms with Crippen molar-refractivity contribution < 1.29 is 13.9 Å². The molecule has 0 saturated carbocycles. The molecule has 1 N–H and O–H groups in total. The predicted octanol–water partition coefficient (Wildman–Crippen LogP) is 3.77. The van der Waals surface area contributed by atoms with Gasteiger partial charge < -0.3 is 10.1 Å². The standard InChI is InChI=1S/C17H18FNO2/c1-11-6-12(2)8-15(7-11)21-10-17(20)19-16-5-4-14(18)9-13(16)3/h4-9H,10H2,1-3H3,(H,19,20). The Kier molecular flexibility index (Phi) is 4.58. The average Bonchev–Trinajstić information content (AvgIpc) is 2.39. The number of aryl methyl sites for hydroxylation is 3. The van der Waals surface area contributed by atoms with Crippen LogP contribution in [0.1, 0.15) is 16.7 Å². The molecule has 21 heavy (non-hydrogen) atoms. The summed E-state index contributed by atoms with van der Waals surface area (Å²) in [6.07, 6.45) is 0. The van der Waals surface area contributed by atoms with Gasteiger partial charge in [-0.05, 0) is 67.8 Å². The topological polar surface area (TPSA) is 38.3 Å². The molecule has 1 amide bonds. The molecule has 2 rings (SSSR count). The summed E-state index contributed by atoms with van der Waals surface area (Å²) in [6.45, 7) is 5.60. The minimum Gasteiger partial charge on any atom is -0.484 e. The normalized spacial score (nSPS) is 10.3. The highest BCUT2D eigenvalue weighted by molar-refractivity contribution is 5.92. The smallest absolute Gasteiger partial charge is 0.262 e. The van der Waals surface area contributed by atoms with E-state index in [9.17, 15) is 9.18 Å². The van der Waals surface area contributed by atoms with Gasteiger partial charge in [0.2, 0.25) is 0 Å². The van der Waals surface area contributed by atoms with Gasteiger partial charge in [0.05, 0.1) is 0 Å². The average molecular weight is 287 g/mol. The number of ether oxygens (including phenoxy) is 1. The van der Waals surface area contributed by atoms with Gasteiger partial charge in [0, 0.05) is 5.69 Å². The second kappa shape index (κ2) is 6.39. The third kappa shape index (κ3) is 4.31. The Morgan fingerprint density at radius 3 is 2.38 bits per heavy atom. The molecule has 0 aromatic heterocycles. The maximum atomic E-state index is 13.0. The molecule has 0 unspecified atom stereocenters. The minimum atomic E-state index is -0.322. The van der Waals surface area contributed by atoms with Crippen LogP contribution in [0.2, 0.25) is 0 Å². The highest BCUT2D eigenvalue weighted by atomic mass is 19.1. The molecule has 4 heteroatoms. The van der Waals surface area contributed by atoms with Crippen molar-refractivity contribution in [3.05, 3.63) is 58.9 Å². The van der Waals surface area contributed by atoms with Crippen LogP contribution in [0, 0.1) is 26.6 Å². The quantitative estimate of drug-likeness (QED) is 0.929. The van der Waals surface area contributed by atoms with Crippen molar-refractivity contribution in [2.24, 2.45) is 0 Å². The third-order valence-electron chi connectivity index (χ3n) is 3.03. The fourth-order valence-corrected chi connectivity index (χ4v) is 2.12. The molecule has 0 aliphatic rings. The second-order valence-corrected chi connectivity index (χ2v) is 5.12. The van der Waals surface area contributed by atoms with Gasteiger partial charge in [-0.1, -0.05) is 6.07 Å². The summed E-state index contributed by atoms with van der Waals surface area (Å²) < 4.78 is 18.5. The molecule has 0 fully saturated rings. The fourth-order valence-electron chi connectivity index (χ4n) is 2.12. The molecule has 0 aliphatic heterocycles. The predicted molar refractivity (Wildman–Crippen MR) is 81.2 cm³/mol. The van der Waals surface area contributed by atoms with Crippen molar-refractivity contribution in [3.8, 4) is 5.75 Å². The summed E-state index contributed by atoms with van der Waals surface area (Å²) in [6, 6.07) is 10.0. The first-order chi connectivity index (χ1) is 9.94. The number of benzene rings is 2. The van der Waals surface area contributed by atoms with Crippen LogP contribution in [0.5, 0.6) is 5.75 Å². The van der Waals surface area contributed by atoms with Crippen LogP contribution in [0.3, 0.4) is 0 Å². The highest BCUT2D eigenvalue weighted by Gasteiger charge is 2.07. The molecular weight excluding hydrogens is 269 g/mol. The van der Waals surface area contributed by atoms with Gasteiger partial charge in [-0.3, -0.25) is 4.79 Å². The Hall–Kier alpha value is -2.36. The summed E-state index contributed by atoms with van der Waals surface area (Å²) in [4.78, 5) is 11.9. The van der Waals surface area contributed by atoms with Crippen molar-refractivity contribution in [1.29, 1.82) is 0 Å². The van der Waals surface area contributed by atoms with E-state index in [1.165, 1.54) is 12.1 Å². The Balaban J connectivity index is 1.95. The van der Waals surface area contributed by atoms with Crippen molar-refractivity contribution in [2.45, 2.75) is 20.8 Å². The van der Waals surface area contributed by atoms with E-state index in [4.69, 9.17) is 4.74 Å². The first-order valence-electron chi connectivity index (χ1n) is 6.71. The Bertz CT molecular complexity index is 648. The van der Waals surface area contributed by atoms with Crippen LogP contribution in [0.4, 0.5) is 10.1 Å². The van der Waals surface area contributed by atoms with E-state index < -0.39 is 0 Å². The van der Waals surface area contributed by atoms with Gasteiger partial charge in [0.1, 0.15) is 11.6 Å². The summed E-state index contributed by atoms with van der Waals surface area (Å²) in [5.74, 6) is 0.0688. The summed E-state index contributed by atoms with van der Waals surface area (Å²) in [5.41, 5.74) is 3.43. The second-order valence-electron chi connectivity index (χ2n) is 5.12. The molecule has 0 aliphatic carbocycles. The van der Waals surface area contributed by atoms with Gasteiger partial charge in [-0.25, -0.2) is 4.39 Å². The molecule has 0 saturated heterocycles. The van der Waals surface area contributed by atoms with Crippen molar-refractivity contribution >= 4 is 11.6 Å². The van der Waals surface area contributed by atoms with E-state index in [0.29, 0.717) is 17.0 Å². The monoisotopic (exact) mass is 287 g/mol. The Morgan fingerprint density at radius 1 is 1.10 bits per heavy atom. The Labute approximate surface area is 123 Å². The molecule has 2 aromatic rings. The zero-order valence-corrected chi connectivity index (χ0v) is 12.4. The summed E-state index contributed by atoms with van der Waals surface area (Å²) >= 11 is 0. The largest absolute Gasteiger partial charge is 0.484 e. The summed E-state index contributed by atoms with van der Waals surface area (Å²) in [7, 11) is 0. The van der Waals surface area contributed by atoms with E-state index in [-0.39, 0.29) is 18.3 Å². The van der Waals surface area contributed by atoms with Crippen LogP contribution >= 0.6 is 0 Å². The number of amides is 1. The van der Waals surface area contributed by atoms with E-state index in [1.807, 2.05) is 32.0 Å². The molecule has 2 aromatic carbocycles. The van der Waals surface area contributed by atoms with Gasteiger partial charge in [0.25, 0.3) is 5.91 Å². The molecule has 3 nitrogen and oxygen atoms in total. The van der Waals surface area contributed by atoms with Crippen LogP contribution in [0.15, 0.2) is 36.4 Å². The minimum absolute atomic E-state index is 0.0836. The molecule has 0 atom stereocenters. The zero-order chi connectivity index (χ0) is 15.4. The number of rotatable bonds is 4. The third-order valence-corrected chi connectivity index (χ3v) is 3.03. The number of halogens is 1. The maximum Gasteiger partial charge on any atom is 0.262 e. The first kappa shape index (κ1) is 15.0. The van der Waals surface area contributed by atoms with Crippen LogP contribution in [-0.4, -0.2) is 12.5 Å². The van der Waals surface area contributed by atoms with Crippen LogP contribution in [0.25, 0.3) is 0 Å². The van der Waals surface area contributed by atoms with Gasteiger partial charge in [-0.15, -0.1) is 0 Å². The maximum absolute atomic E-state index is 13.0. The van der Waals surface area contributed by atoms with E-state index >= 15 is 0 Å². The zero-order valence-electron chi connectivity index (χ0n) is 12.4. The number of hydrogen-bond donors (Lipinski definition) is 1. The summed E-state index contributed by atoms with van der Waals surface area (Å²) in [5, 5.41) is 2.71. The van der Waals surface area contributed by atoms with Gasteiger partial charge in [0.15, 0.2) is 6.61 Å². The molecule has 110 valence electrons. The number of hydrogen-bond acceptors (Lipinski definition) is 2. The van der Waals surface area contributed by atoms with Gasteiger partial charge in [-0.2, -0.15) is 0 Å². The lowest BCUT2D eigenvalue weighted by atomic mass is 10.1. The number of carbonyl (C=O) groups is 1. The number of anilines is 1. The lowest BCUT2D eigenvalue weighted by Gasteiger charge is -2.10. The molecule has 0 heterocycles.